The third kappa shape index (κ3) is 8.20. The zero-order chi connectivity index (χ0) is 15.0. The van der Waals surface area contributed by atoms with Gasteiger partial charge in [0.05, 0.1) is 0 Å². The van der Waals surface area contributed by atoms with Crippen LogP contribution >= 0.6 is 0 Å². The summed E-state index contributed by atoms with van der Waals surface area (Å²) in [7, 11) is 0. The first kappa shape index (κ1) is 17.0. The summed E-state index contributed by atoms with van der Waals surface area (Å²) in [5.74, 6) is 0.837. The number of amides is 1. The van der Waals surface area contributed by atoms with Gasteiger partial charge in [0.1, 0.15) is 11.8 Å². The molecule has 1 unspecified atom stereocenters. The lowest BCUT2D eigenvalue weighted by atomic mass is 9.86. The Bertz CT molecular complexity index is 314. The number of carbonyl (C=O) groups is 1. The minimum absolute atomic E-state index is 0.547. The zero-order valence-electron chi connectivity index (χ0n) is 13.0. The molecule has 0 saturated heterocycles. The van der Waals surface area contributed by atoms with E-state index in [2.05, 4.69) is 5.32 Å². The number of allylic oxidation sites excluding steroid dienone is 1. The summed E-state index contributed by atoms with van der Waals surface area (Å²) < 4.78 is 5.07. The fraction of sp³-hybridized carbons (Fsp3) is 0.812. The smallest absolute Gasteiger partial charge is 0.409 e. The molecule has 1 atom stereocenters. The maximum Gasteiger partial charge on any atom is 0.409 e. The highest BCUT2D eigenvalue weighted by molar-refractivity contribution is 5.68. The molecule has 1 rings (SSSR count). The molecule has 4 heteroatoms. The highest BCUT2D eigenvalue weighted by atomic mass is 16.6. The largest absolute Gasteiger partial charge is 0.444 e. The second-order valence-electron chi connectivity index (χ2n) is 6.60. The summed E-state index contributed by atoms with van der Waals surface area (Å²) in [5, 5.41) is 12.0. The maximum absolute atomic E-state index is 11.4. The Balaban J connectivity index is 2.15. The van der Waals surface area contributed by atoms with Crippen molar-refractivity contribution in [3.05, 3.63) is 12.2 Å². The van der Waals surface area contributed by atoms with Gasteiger partial charge in [-0.1, -0.05) is 38.2 Å². The summed E-state index contributed by atoms with van der Waals surface area (Å²) in [6.45, 7) is 5.37. The van der Waals surface area contributed by atoms with Gasteiger partial charge in [-0.2, -0.15) is 0 Å². The minimum Gasteiger partial charge on any atom is -0.444 e. The van der Waals surface area contributed by atoms with Crippen LogP contribution in [0, 0.1) is 5.92 Å². The molecule has 0 aliphatic heterocycles. The number of alkyl carbamates (subject to hydrolysis) is 1. The van der Waals surface area contributed by atoms with E-state index >= 15 is 0 Å². The summed E-state index contributed by atoms with van der Waals surface area (Å²) in [4.78, 5) is 11.4. The second-order valence-corrected chi connectivity index (χ2v) is 6.60. The molecule has 0 radical (unpaired) electrons. The monoisotopic (exact) mass is 283 g/mol. The Kier molecular flexibility index (Phi) is 7.06. The predicted molar refractivity (Wildman–Crippen MR) is 80.3 cm³/mol. The third-order valence-electron chi connectivity index (χ3n) is 3.45. The topological polar surface area (TPSA) is 58.6 Å². The summed E-state index contributed by atoms with van der Waals surface area (Å²) >= 11 is 0. The van der Waals surface area contributed by atoms with Gasteiger partial charge in [-0.15, -0.1) is 0 Å². The SMILES string of the molecule is CC(C)(C)OC(=O)NC(O)/C=C/CCC1CCCCC1. The van der Waals surface area contributed by atoms with Crippen LogP contribution in [0.15, 0.2) is 12.2 Å². The first-order valence-electron chi connectivity index (χ1n) is 7.71. The fourth-order valence-corrected chi connectivity index (χ4v) is 2.51. The van der Waals surface area contributed by atoms with Crippen LogP contribution in [0.25, 0.3) is 0 Å². The lowest BCUT2D eigenvalue weighted by molar-refractivity contribution is 0.0417. The van der Waals surface area contributed by atoms with Crippen molar-refractivity contribution in [3.63, 3.8) is 0 Å². The molecule has 4 nitrogen and oxygen atoms in total. The van der Waals surface area contributed by atoms with Crippen LogP contribution in [-0.2, 0) is 4.74 Å². The van der Waals surface area contributed by atoms with Gasteiger partial charge in [0.25, 0.3) is 0 Å². The minimum atomic E-state index is -0.976. The quantitative estimate of drug-likeness (QED) is 0.597. The number of hydrogen-bond donors (Lipinski definition) is 2. The van der Waals surface area contributed by atoms with E-state index in [4.69, 9.17) is 4.74 Å². The van der Waals surface area contributed by atoms with Gasteiger partial charge in [-0.3, -0.25) is 5.32 Å². The van der Waals surface area contributed by atoms with E-state index in [1.165, 1.54) is 38.5 Å². The average Bonchev–Trinajstić information content (AvgIpc) is 2.33. The molecule has 0 aromatic carbocycles. The van der Waals surface area contributed by atoms with E-state index in [0.29, 0.717) is 0 Å². The number of nitrogens with one attached hydrogen (secondary N) is 1. The molecular weight excluding hydrogens is 254 g/mol. The molecule has 0 aromatic heterocycles. The molecule has 1 aliphatic rings. The molecule has 0 bridgehead atoms. The van der Waals surface area contributed by atoms with Crippen molar-refractivity contribution >= 4 is 6.09 Å². The van der Waals surface area contributed by atoms with Crippen LogP contribution in [0.2, 0.25) is 0 Å². The zero-order valence-corrected chi connectivity index (χ0v) is 13.0. The van der Waals surface area contributed by atoms with Gasteiger partial charge in [0.15, 0.2) is 0 Å². The number of hydrogen-bond acceptors (Lipinski definition) is 3. The maximum atomic E-state index is 11.4. The van der Waals surface area contributed by atoms with Crippen LogP contribution in [0.1, 0.15) is 65.7 Å². The Labute approximate surface area is 122 Å². The lowest BCUT2D eigenvalue weighted by Gasteiger charge is -2.21. The Hall–Kier alpha value is -1.03. The van der Waals surface area contributed by atoms with Crippen LogP contribution in [0.3, 0.4) is 0 Å². The van der Waals surface area contributed by atoms with E-state index in [9.17, 15) is 9.90 Å². The predicted octanol–water partition coefficient (Wildman–Crippen LogP) is 3.75. The standard InChI is InChI=1S/C16H29NO3/c1-16(2,3)20-15(19)17-14(18)12-8-7-11-13-9-5-4-6-10-13/h8,12-14,18H,4-7,9-11H2,1-3H3,(H,17,19)/b12-8+. The first-order chi connectivity index (χ1) is 9.37. The molecule has 116 valence electrons. The number of aliphatic hydroxyl groups excluding tert-OH is 1. The number of carbonyl (C=O) groups excluding carboxylic acids is 1. The van der Waals surface area contributed by atoms with Crippen molar-refractivity contribution in [2.24, 2.45) is 5.92 Å². The van der Waals surface area contributed by atoms with E-state index < -0.39 is 17.9 Å². The average molecular weight is 283 g/mol. The van der Waals surface area contributed by atoms with Crippen molar-refractivity contribution in [2.45, 2.75) is 77.5 Å². The van der Waals surface area contributed by atoms with Crippen LogP contribution in [0.5, 0.6) is 0 Å². The summed E-state index contributed by atoms with van der Waals surface area (Å²) in [6.07, 6.45) is 10.9. The molecule has 0 spiro atoms. The van der Waals surface area contributed by atoms with E-state index in [1.54, 1.807) is 26.8 Å². The molecule has 20 heavy (non-hydrogen) atoms. The Morgan fingerprint density at radius 3 is 2.60 bits per heavy atom. The van der Waals surface area contributed by atoms with E-state index in [0.717, 1.165) is 12.3 Å². The second kappa shape index (κ2) is 8.30. The van der Waals surface area contributed by atoms with E-state index in [-0.39, 0.29) is 0 Å². The van der Waals surface area contributed by atoms with Gasteiger partial charge in [0, 0.05) is 0 Å². The summed E-state index contributed by atoms with van der Waals surface area (Å²) in [6, 6.07) is 0. The molecule has 1 fully saturated rings. The van der Waals surface area contributed by atoms with Gasteiger partial charge in [-0.25, -0.2) is 4.79 Å². The van der Waals surface area contributed by atoms with Gasteiger partial charge < -0.3 is 9.84 Å². The number of ether oxygens (including phenoxy) is 1. The Morgan fingerprint density at radius 2 is 2.00 bits per heavy atom. The van der Waals surface area contributed by atoms with E-state index in [1.807, 2.05) is 6.08 Å². The molecule has 0 heterocycles. The fourth-order valence-electron chi connectivity index (χ4n) is 2.51. The van der Waals surface area contributed by atoms with Crippen molar-refractivity contribution < 1.29 is 14.6 Å². The van der Waals surface area contributed by atoms with Crippen molar-refractivity contribution in [3.8, 4) is 0 Å². The van der Waals surface area contributed by atoms with Crippen molar-refractivity contribution in [1.29, 1.82) is 0 Å². The normalized spacial score (nSPS) is 19.0. The first-order valence-corrected chi connectivity index (χ1v) is 7.71. The molecule has 1 saturated carbocycles. The lowest BCUT2D eigenvalue weighted by Crippen LogP contribution is -2.38. The molecule has 1 amide bonds. The number of rotatable bonds is 5. The number of aliphatic hydroxyl groups is 1. The van der Waals surface area contributed by atoms with Crippen LogP contribution in [0.4, 0.5) is 4.79 Å². The van der Waals surface area contributed by atoms with Crippen molar-refractivity contribution in [1.82, 2.24) is 5.32 Å². The van der Waals surface area contributed by atoms with Crippen molar-refractivity contribution in [2.75, 3.05) is 0 Å². The van der Waals surface area contributed by atoms with Crippen LogP contribution < -0.4 is 5.32 Å². The highest BCUT2D eigenvalue weighted by Gasteiger charge is 2.17. The van der Waals surface area contributed by atoms with Gasteiger partial charge in [0.2, 0.25) is 0 Å². The van der Waals surface area contributed by atoms with Gasteiger partial charge in [-0.05, 0) is 45.6 Å². The Morgan fingerprint density at radius 1 is 1.35 bits per heavy atom. The molecule has 1 aliphatic carbocycles. The molecular formula is C16H29NO3. The van der Waals surface area contributed by atoms with Crippen LogP contribution in [-0.4, -0.2) is 23.0 Å². The molecule has 2 N–H and O–H groups in total. The third-order valence-corrected chi connectivity index (χ3v) is 3.45. The highest BCUT2D eigenvalue weighted by Crippen LogP contribution is 2.27. The molecule has 0 aromatic rings. The van der Waals surface area contributed by atoms with Gasteiger partial charge >= 0.3 is 6.09 Å². The summed E-state index contributed by atoms with van der Waals surface area (Å²) in [5.41, 5.74) is -0.547.